The SMILES string of the molecule is Cc1c(C(=O)NC2CCN(c3ccccc3)CC2)nn(-c2ccc(Cl)cc2Cl)c1-c1ccc(Cl)cc1. The van der Waals surface area contributed by atoms with E-state index in [0.29, 0.717) is 26.4 Å². The zero-order valence-corrected chi connectivity index (χ0v) is 22.0. The maximum atomic E-state index is 13.4. The van der Waals surface area contributed by atoms with Gasteiger partial charge in [-0.1, -0.05) is 65.1 Å². The maximum absolute atomic E-state index is 13.4. The summed E-state index contributed by atoms with van der Waals surface area (Å²) in [6.45, 7) is 3.68. The number of hydrogen-bond donors (Lipinski definition) is 1. The van der Waals surface area contributed by atoms with Gasteiger partial charge in [0.25, 0.3) is 5.91 Å². The molecule has 3 aromatic carbocycles. The van der Waals surface area contributed by atoms with Crippen LogP contribution in [0.5, 0.6) is 0 Å². The molecule has 1 aliphatic heterocycles. The first kappa shape index (κ1) is 24.7. The molecular weight excluding hydrogens is 515 g/mol. The molecule has 0 radical (unpaired) electrons. The average molecular weight is 540 g/mol. The number of anilines is 1. The van der Waals surface area contributed by atoms with Crippen molar-refractivity contribution in [1.82, 2.24) is 15.1 Å². The molecule has 0 aliphatic carbocycles. The summed E-state index contributed by atoms with van der Waals surface area (Å²) in [5.41, 5.74) is 4.65. The number of para-hydroxylation sites is 1. The first-order valence-corrected chi connectivity index (χ1v) is 13.0. The third kappa shape index (κ3) is 5.10. The van der Waals surface area contributed by atoms with Crippen LogP contribution in [0.1, 0.15) is 28.9 Å². The van der Waals surface area contributed by atoms with E-state index < -0.39 is 0 Å². The van der Waals surface area contributed by atoms with Crippen LogP contribution in [0.3, 0.4) is 0 Å². The number of halogens is 3. The zero-order valence-electron chi connectivity index (χ0n) is 19.7. The van der Waals surface area contributed by atoms with Crippen molar-refractivity contribution in [3.63, 3.8) is 0 Å². The molecule has 1 aromatic heterocycles. The maximum Gasteiger partial charge on any atom is 0.272 e. The van der Waals surface area contributed by atoms with Crippen LogP contribution in [0.2, 0.25) is 15.1 Å². The average Bonchev–Trinajstić information content (AvgIpc) is 3.22. The highest BCUT2D eigenvalue weighted by Crippen LogP contribution is 2.33. The first-order chi connectivity index (χ1) is 17.4. The molecule has 1 N–H and O–H groups in total. The number of piperidine rings is 1. The molecule has 5 rings (SSSR count). The lowest BCUT2D eigenvalue weighted by Gasteiger charge is -2.33. The van der Waals surface area contributed by atoms with Crippen LogP contribution >= 0.6 is 34.8 Å². The zero-order chi connectivity index (χ0) is 25.2. The highest BCUT2D eigenvalue weighted by molar-refractivity contribution is 6.35. The summed E-state index contributed by atoms with van der Waals surface area (Å²) in [6, 6.07) is 23.1. The van der Waals surface area contributed by atoms with Crippen molar-refractivity contribution in [2.75, 3.05) is 18.0 Å². The van der Waals surface area contributed by atoms with Gasteiger partial charge in [0.2, 0.25) is 0 Å². The molecular formula is C28H25Cl3N4O. The van der Waals surface area contributed by atoms with Crippen LogP contribution in [-0.4, -0.2) is 34.8 Å². The monoisotopic (exact) mass is 538 g/mol. The molecule has 5 nitrogen and oxygen atoms in total. The number of benzene rings is 3. The molecule has 0 spiro atoms. The summed E-state index contributed by atoms with van der Waals surface area (Å²) in [5.74, 6) is -0.190. The van der Waals surface area contributed by atoms with E-state index in [-0.39, 0.29) is 11.9 Å². The van der Waals surface area contributed by atoms with Gasteiger partial charge in [-0.25, -0.2) is 4.68 Å². The standard InChI is InChI=1S/C28H25Cl3N4O/c1-18-26(28(36)32-22-13-15-34(16-14-22)23-5-3-2-4-6-23)33-35(25-12-11-21(30)17-24(25)31)27(18)19-7-9-20(29)10-8-19/h2-12,17,22H,13-16H2,1H3,(H,32,36). The summed E-state index contributed by atoms with van der Waals surface area (Å²) >= 11 is 18.8. The molecule has 1 saturated heterocycles. The van der Waals surface area contributed by atoms with Crippen LogP contribution in [0.4, 0.5) is 5.69 Å². The summed E-state index contributed by atoms with van der Waals surface area (Å²) in [4.78, 5) is 15.8. The molecule has 1 fully saturated rings. The molecule has 0 unspecified atom stereocenters. The van der Waals surface area contributed by atoms with Crippen LogP contribution in [0.15, 0.2) is 72.8 Å². The molecule has 0 saturated carbocycles. The topological polar surface area (TPSA) is 50.2 Å². The molecule has 8 heteroatoms. The van der Waals surface area contributed by atoms with E-state index in [9.17, 15) is 4.79 Å². The molecule has 2 heterocycles. The summed E-state index contributed by atoms with van der Waals surface area (Å²) < 4.78 is 1.71. The molecule has 36 heavy (non-hydrogen) atoms. The summed E-state index contributed by atoms with van der Waals surface area (Å²) in [7, 11) is 0. The molecule has 1 amide bonds. The van der Waals surface area contributed by atoms with Crippen molar-refractivity contribution in [1.29, 1.82) is 0 Å². The van der Waals surface area contributed by atoms with Crippen LogP contribution < -0.4 is 10.2 Å². The Bertz CT molecular complexity index is 1380. The van der Waals surface area contributed by atoms with Crippen LogP contribution in [-0.2, 0) is 0 Å². The number of carbonyl (C=O) groups is 1. The quantitative estimate of drug-likeness (QED) is 0.292. The number of carbonyl (C=O) groups excluding carboxylic acids is 1. The fraction of sp³-hybridized carbons (Fsp3) is 0.214. The Kier molecular flexibility index (Phi) is 7.24. The fourth-order valence-corrected chi connectivity index (χ4v) is 5.27. The Morgan fingerprint density at radius 2 is 1.58 bits per heavy atom. The third-order valence-corrected chi connectivity index (χ3v) is 7.33. The Labute approximate surface area is 225 Å². The van der Waals surface area contributed by atoms with E-state index in [2.05, 4.69) is 22.3 Å². The normalized spacial score (nSPS) is 14.2. The van der Waals surface area contributed by atoms with E-state index in [1.807, 2.05) is 49.4 Å². The van der Waals surface area contributed by atoms with Gasteiger partial charge in [-0.3, -0.25) is 4.79 Å². The second-order valence-corrected chi connectivity index (χ2v) is 10.2. The minimum absolute atomic E-state index is 0.0834. The Balaban J connectivity index is 1.42. The van der Waals surface area contributed by atoms with E-state index in [1.165, 1.54) is 5.69 Å². The van der Waals surface area contributed by atoms with Gasteiger partial charge in [-0.05, 0) is 62.2 Å². The number of nitrogens with zero attached hydrogens (tertiary/aromatic N) is 3. The molecule has 1 aliphatic rings. The van der Waals surface area contributed by atoms with Crippen molar-refractivity contribution in [2.24, 2.45) is 0 Å². The third-order valence-electron chi connectivity index (χ3n) is 6.54. The number of nitrogens with one attached hydrogen (secondary N) is 1. The Morgan fingerprint density at radius 3 is 2.25 bits per heavy atom. The second-order valence-electron chi connectivity index (χ2n) is 8.91. The molecule has 184 valence electrons. The number of hydrogen-bond acceptors (Lipinski definition) is 3. The smallest absolute Gasteiger partial charge is 0.272 e. The van der Waals surface area contributed by atoms with Gasteiger partial charge in [-0.15, -0.1) is 0 Å². The lowest BCUT2D eigenvalue weighted by molar-refractivity contribution is 0.0925. The van der Waals surface area contributed by atoms with Gasteiger partial charge in [0.05, 0.1) is 16.4 Å². The van der Waals surface area contributed by atoms with Crippen molar-refractivity contribution in [3.8, 4) is 16.9 Å². The van der Waals surface area contributed by atoms with Gasteiger partial charge in [-0.2, -0.15) is 5.10 Å². The highest BCUT2D eigenvalue weighted by atomic mass is 35.5. The molecule has 0 bridgehead atoms. The largest absolute Gasteiger partial charge is 0.371 e. The molecule has 0 atom stereocenters. The lowest BCUT2D eigenvalue weighted by Crippen LogP contribution is -2.45. The molecule has 4 aromatic rings. The lowest BCUT2D eigenvalue weighted by atomic mass is 10.0. The van der Waals surface area contributed by atoms with Gasteiger partial charge < -0.3 is 10.2 Å². The second kappa shape index (κ2) is 10.6. The van der Waals surface area contributed by atoms with E-state index in [4.69, 9.17) is 39.9 Å². The number of amides is 1. The minimum Gasteiger partial charge on any atom is -0.371 e. The Hall–Kier alpha value is -2.99. The van der Waals surface area contributed by atoms with Gasteiger partial charge in [0, 0.05) is 46.0 Å². The first-order valence-electron chi connectivity index (χ1n) is 11.8. The summed E-state index contributed by atoms with van der Waals surface area (Å²) in [5, 5.41) is 9.54. The van der Waals surface area contributed by atoms with Crippen molar-refractivity contribution < 1.29 is 4.79 Å². The predicted molar refractivity (Wildman–Crippen MR) is 148 cm³/mol. The van der Waals surface area contributed by atoms with Crippen molar-refractivity contribution in [2.45, 2.75) is 25.8 Å². The fourth-order valence-electron chi connectivity index (χ4n) is 4.66. The van der Waals surface area contributed by atoms with E-state index in [1.54, 1.807) is 22.9 Å². The number of rotatable bonds is 5. The van der Waals surface area contributed by atoms with E-state index in [0.717, 1.165) is 42.8 Å². The van der Waals surface area contributed by atoms with Crippen LogP contribution in [0, 0.1) is 6.92 Å². The summed E-state index contributed by atoms with van der Waals surface area (Å²) in [6.07, 6.45) is 1.74. The minimum atomic E-state index is -0.190. The van der Waals surface area contributed by atoms with Crippen molar-refractivity contribution >= 4 is 46.4 Å². The highest BCUT2D eigenvalue weighted by Gasteiger charge is 2.26. The predicted octanol–water partition coefficient (Wildman–Crippen LogP) is 7.21. The van der Waals surface area contributed by atoms with Gasteiger partial charge >= 0.3 is 0 Å². The number of aromatic nitrogens is 2. The van der Waals surface area contributed by atoms with Crippen molar-refractivity contribution in [3.05, 3.63) is 99.1 Å². The Morgan fingerprint density at radius 1 is 0.917 bits per heavy atom. The van der Waals surface area contributed by atoms with E-state index >= 15 is 0 Å². The van der Waals surface area contributed by atoms with Crippen LogP contribution in [0.25, 0.3) is 16.9 Å². The van der Waals surface area contributed by atoms with Gasteiger partial charge in [0.1, 0.15) is 0 Å². The van der Waals surface area contributed by atoms with Gasteiger partial charge in [0.15, 0.2) is 5.69 Å².